The quantitative estimate of drug-likeness (QED) is 0.760. The topological polar surface area (TPSA) is 104 Å². The Balaban J connectivity index is 2.70. The molecule has 0 saturated carbocycles. The molecule has 0 aromatic carbocycles. The molecule has 2 rings (SSSR count). The number of rotatable bonds is 1. The lowest BCUT2D eigenvalue weighted by molar-refractivity contribution is 0.980. The van der Waals surface area contributed by atoms with Crippen molar-refractivity contribution in [2.24, 2.45) is 0 Å². The molecule has 0 aliphatic carbocycles. The molecule has 0 amide bonds. The lowest BCUT2D eigenvalue weighted by atomic mass is 10.3. The Hall–Kier alpha value is -2.57. The predicted octanol–water partition coefficient (Wildman–Crippen LogP) is 1.25. The SMILES string of the molecule is N#Cc1ncn(-c2nc(Cl)ccc2N)c1C#N. The van der Waals surface area contributed by atoms with E-state index in [1.807, 2.05) is 12.1 Å². The van der Waals surface area contributed by atoms with Gasteiger partial charge in [-0.05, 0) is 12.1 Å². The molecule has 0 bridgehead atoms. The minimum Gasteiger partial charge on any atom is -0.396 e. The van der Waals surface area contributed by atoms with Crippen molar-refractivity contribution in [2.75, 3.05) is 5.73 Å². The fraction of sp³-hybridized carbons (Fsp3) is 0. The zero-order valence-corrected chi connectivity index (χ0v) is 9.18. The van der Waals surface area contributed by atoms with Crippen LogP contribution in [0.5, 0.6) is 0 Å². The first-order chi connectivity index (χ1) is 8.17. The molecule has 2 heterocycles. The van der Waals surface area contributed by atoms with Crippen LogP contribution in [0.1, 0.15) is 11.4 Å². The number of nitrogens with zero attached hydrogens (tertiary/aromatic N) is 5. The second-order valence-corrected chi connectivity index (χ2v) is 3.47. The molecule has 82 valence electrons. The van der Waals surface area contributed by atoms with Crippen molar-refractivity contribution in [1.82, 2.24) is 14.5 Å². The van der Waals surface area contributed by atoms with Crippen molar-refractivity contribution in [2.45, 2.75) is 0 Å². The average Bonchev–Trinajstić information content (AvgIpc) is 2.74. The van der Waals surface area contributed by atoms with Gasteiger partial charge in [-0.2, -0.15) is 10.5 Å². The van der Waals surface area contributed by atoms with Crippen LogP contribution in [-0.2, 0) is 0 Å². The highest BCUT2D eigenvalue weighted by Gasteiger charge is 2.14. The third kappa shape index (κ3) is 1.78. The number of hydrogen-bond donors (Lipinski definition) is 1. The third-order valence-corrected chi connectivity index (χ3v) is 2.29. The first-order valence-electron chi connectivity index (χ1n) is 4.47. The summed E-state index contributed by atoms with van der Waals surface area (Å²) in [4.78, 5) is 7.80. The molecule has 0 atom stereocenters. The number of anilines is 1. The largest absolute Gasteiger partial charge is 0.396 e. The highest BCUT2D eigenvalue weighted by Crippen LogP contribution is 2.20. The monoisotopic (exact) mass is 244 g/mol. The second kappa shape index (κ2) is 4.12. The van der Waals surface area contributed by atoms with E-state index in [9.17, 15) is 0 Å². The number of imidazole rings is 1. The van der Waals surface area contributed by atoms with Crippen LogP contribution in [0, 0.1) is 22.7 Å². The van der Waals surface area contributed by atoms with Crippen molar-refractivity contribution < 1.29 is 0 Å². The maximum Gasteiger partial charge on any atom is 0.177 e. The van der Waals surface area contributed by atoms with E-state index >= 15 is 0 Å². The summed E-state index contributed by atoms with van der Waals surface area (Å²) in [7, 11) is 0. The smallest absolute Gasteiger partial charge is 0.177 e. The molecular weight excluding hydrogens is 240 g/mol. The van der Waals surface area contributed by atoms with Crippen molar-refractivity contribution >= 4 is 17.3 Å². The highest BCUT2D eigenvalue weighted by molar-refractivity contribution is 6.29. The van der Waals surface area contributed by atoms with Crippen molar-refractivity contribution in [3.63, 3.8) is 0 Å². The molecule has 0 saturated heterocycles. The van der Waals surface area contributed by atoms with Crippen molar-refractivity contribution in [3.05, 3.63) is 35.0 Å². The summed E-state index contributed by atoms with van der Waals surface area (Å²) in [5, 5.41) is 18.0. The number of nitrogens with two attached hydrogens (primary N) is 1. The molecule has 17 heavy (non-hydrogen) atoms. The van der Waals surface area contributed by atoms with Crippen LogP contribution in [0.15, 0.2) is 18.5 Å². The van der Waals surface area contributed by atoms with Gasteiger partial charge < -0.3 is 5.73 Å². The zero-order valence-electron chi connectivity index (χ0n) is 8.42. The Bertz CT molecular complexity index is 660. The van der Waals surface area contributed by atoms with Gasteiger partial charge in [0.15, 0.2) is 17.2 Å². The molecule has 0 radical (unpaired) electrons. The number of aromatic nitrogens is 3. The molecule has 0 spiro atoms. The number of pyridine rings is 1. The van der Waals surface area contributed by atoms with Gasteiger partial charge >= 0.3 is 0 Å². The van der Waals surface area contributed by atoms with Gasteiger partial charge in [-0.3, -0.25) is 4.57 Å². The maximum atomic E-state index is 8.98. The molecule has 2 aromatic heterocycles. The third-order valence-electron chi connectivity index (χ3n) is 2.08. The summed E-state index contributed by atoms with van der Waals surface area (Å²) in [6, 6.07) is 6.80. The van der Waals surface area contributed by atoms with Gasteiger partial charge in [0.25, 0.3) is 0 Å². The zero-order chi connectivity index (χ0) is 12.4. The molecule has 0 fully saturated rings. The summed E-state index contributed by atoms with van der Waals surface area (Å²) in [6.45, 7) is 0. The van der Waals surface area contributed by atoms with E-state index in [2.05, 4.69) is 9.97 Å². The van der Waals surface area contributed by atoms with E-state index < -0.39 is 0 Å². The lowest BCUT2D eigenvalue weighted by Crippen LogP contribution is -2.04. The number of nitriles is 2. The number of nitrogen functional groups attached to an aromatic ring is 1. The maximum absolute atomic E-state index is 8.98. The summed E-state index contributed by atoms with van der Waals surface area (Å²) in [6.07, 6.45) is 1.31. The first kappa shape index (κ1) is 10.9. The standard InChI is InChI=1S/C10H5ClN6/c11-9-2-1-6(14)10(16-9)17-5-15-7(3-12)8(17)4-13/h1-2,5H,14H2. The van der Waals surface area contributed by atoms with Gasteiger partial charge in [0.05, 0.1) is 5.69 Å². The van der Waals surface area contributed by atoms with Gasteiger partial charge in [0.2, 0.25) is 0 Å². The average molecular weight is 245 g/mol. The van der Waals surface area contributed by atoms with Crippen LogP contribution in [0.4, 0.5) is 5.69 Å². The van der Waals surface area contributed by atoms with Gasteiger partial charge in [-0.1, -0.05) is 11.6 Å². The van der Waals surface area contributed by atoms with Crippen LogP contribution >= 0.6 is 11.6 Å². The molecule has 2 aromatic rings. The first-order valence-corrected chi connectivity index (χ1v) is 4.85. The van der Waals surface area contributed by atoms with Crippen LogP contribution < -0.4 is 5.73 Å². The Kier molecular flexibility index (Phi) is 2.65. The molecule has 0 aliphatic rings. The van der Waals surface area contributed by atoms with E-state index in [-0.39, 0.29) is 22.4 Å². The Morgan fingerprint density at radius 2 is 2.06 bits per heavy atom. The van der Waals surface area contributed by atoms with E-state index in [4.69, 9.17) is 27.9 Å². The summed E-state index contributed by atoms with van der Waals surface area (Å²) < 4.78 is 1.33. The molecule has 2 N–H and O–H groups in total. The second-order valence-electron chi connectivity index (χ2n) is 3.08. The van der Waals surface area contributed by atoms with E-state index in [0.717, 1.165) is 0 Å². The fourth-order valence-corrected chi connectivity index (χ4v) is 1.47. The van der Waals surface area contributed by atoms with Crippen molar-refractivity contribution in [1.29, 1.82) is 10.5 Å². The number of halogens is 1. The molecule has 7 heteroatoms. The van der Waals surface area contributed by atoms with Crippen molar-refractivity contribution in [3.8, 4) is 18.0 Å². The van der Waals surface area contributed by atoms with Gasteiger partial charge in [-0.15, -0.1) is 0 Å². The Labute approximate surface area is 102 Å². The minimum absolute atomic E-state index is 0.0219. The van der Waals surface area contributed by atoms with E-state index in [1.165, 1.54) is 17.0 Å². The van der Waals surface area contributed by atoms with Crippen LogP contribution in [-0.4, -0.2) is 14.5 Å². The molecular formula is C10H5ClN6. The highest BCUT2D eigenvalue weighted by atomic mass is 35.5. The van der Waals surface area contributed by atoms with E-state index in [0.29, 0.717) is 5.69 Å². The van der Waals surface area contributed by atoms with Gasteiger partial charge in [-0.25, -0.2) is 9.97 Å². The van der Waals surface area contributed by atoms with E-state index in [1.54, 1.807) is 6.07 Å². The molecule has 6 nitrogen and oxygen atoms in total. The summed E-state index contributed by atoms with van der Waals surface area (Å²) >= 11 is 5.75. The Morgan fingerprint density at radius 1 is 1.29 bits per heavy atom. The van der Waals surface area contributed by atoms with Crippen LogP contribution in [0.25, 0.3) is 5.82 Å². The minimum atomic E-state index is 0.0219. The molecule has 0 aliphatic heterocycles. The number of hydrogen-bond acceptors (Lipinski definition) is 5. The molecule has 0 unspecified atom stereocenters. The summed E-state index contributed by atoms with van der Waals surface area (Å²) in [5.74, 6) is 0.281. The summed E-state index contributed by atoms with van der Waals surface area (Å²) in [5.41, 5.74) is 6.17. The normalized spacial score (nSPS) is 9.59. The fourth-order valence-electron chi connectivity index (χ4n) is 1.33. The Morgan fingerprint density at radius 3 is 2.71 bits per heavy atom. The lowest BCUT2D eigenvalue weighted by Gasteiger charge is -2.06. The van der Waals surface area contributed by atoms with Crippen LogP contribution in [0.2, 0.25) is 5.15 Å². The van der Waals surface area contributed by atoms with Gasteiger partial charge in [0, 0.05) is 0 Å². The predicted molar refractivity (Wildman–Crippen MR) is 60.2 cm³/mol. The van der Waals surface area contributed by atoms with Gasteiger partial charge in [0.1, 0.15) is 23.6 Å². The van der Waals surface area contributed by atoms with Crippen LogP contribution in [0.3, 0.4) is 0 Å².